The van der Waals surface area contributed by atoms with Gasteiger partial charge in [0.25, 0.3) is 0 Å². The zero-order valence-electron chi connectivity index (χ0n) is 13.4. The lowest BCUT2D eigenvalue weighted by atomic mass is 10.0. The SMILES string of the molecule is Cc1ccccc1OC(=O)c1c[nH]c2c1-c1ncncc1CCC2. The van der Waals surface area contributed by atoms with Crippen molar-refractivity contribution in [2.24, 2.45) is 0 Å². The third-order valence-corrected chi connectivity index (χ3v) is 4.38. The van der Waals surface area contributed by atoms with Crippen LogP contribution < -0.4 is 4.74 Å². The van der Waals surface area contributed by atoms with Crippen LogP contribution in [0.4, 0.5) is 0 Å². The first kappa shape index (κ1) is 14.6. The fraction of sp³-hybridized carbons (Fsp3) is 0.211. The number of para-hydroxylation sites is 1. The second-order valence-electron chi connectivity index (χ2n) is 5.96. The molecule has 0 unspecified atom stereocenters. The van der Waals surface area contributed by atoms with Crippen LogP contribution in [0.15, 0.2) is 43.0 Å². The molecule has 0 radical (unpaired) electrons. The van der Waals surface area contributed by atoms with E-state index in [0.717, 1.165) is 47.3 Å². The molecule has 24 heavy (non-hydrogen) atoms. The first-order chi connectivity index (χ1) is 11.7. The third-order valence-electron chi connectivity index (χ3n) is 4.38. The Balaban J connectivity index is 1.76. The van der Waals surface area contributed by atoms with Gasteiger partial charge >= 0.3 is 5.97 Å². The summed E-state index contributed by atoms with van der Waals surface area (Å²) in [6.07, 6.45) is 7.87. The van der Waals surface area contributed by atoms with Crippen molar-refractivity contribution in [1.82, 2.24) is 15.0 Å². The predicted octanol–water partition coefficient (Wildman–Crippen LogP) is 3.49. The highest BCUT2D eigenvalue weighted by molar-refractivity contribution is 5.99. The molecule has 4 rings (SSSR count). The van der Waals surface area contributed by atoms with Gasteiger partial charge in [0.05, 0.1) is 11.3 Å². The van der Waals surface area contributed by atoms with E-state index in [1.807, 2.05) is 31.3 Å². The molecule has 0 bridgehead atoms. The van der Waals surface area contributed by atoms with Crippen LogP contribution in [0.25, 0.3) is 11.3 Å². The molecule has 3 aromatic rings. The highest BCUT2D eigenvalue weighted by Crippen LogP contribution is 2.33. The zero-order chi connectivity index (χ0) is 16.5. The number of ether oxygens (including phenoxy) is 1. The Kier molecular flexibility index (Phi) is 3.61. The average molecular weight is 319 g/mol. The highest BCUT2D eigenvalue weighted by Gasteiger charge is 2.25. The molecule has 5 heteroatoms. The minimum absolute atomic E-state index is 0.367. The molecule has 0 amide bonds. The number of nitrogens with zero attached hydrogens (tertiary/aromatic N) is 2. The Morgan fingerprint density at radius 2 is 2.12 bits per heavy atom. The Morgan fingerprint density at radius 1 is 1.25 bits per heavy atom. The number of hydrogen-bond acceptors (Lipinski definition) is 4. The number of benzene rings is 1. The molecule has 1 aliphatic carbocycles. The van der Waals surface area contributed by atoms with Crippen molar-refractivity contribution in [3.63, 3.8) is 0 Å². The van der Waals surface area contributed by atoms with E-state index in [0.29, 0.717) is 11.3 Å². The number of aromatic nitrogens is 3. The van der Waals surface area contributed by atoms with Crippen LogP contribution in [0.1, 0.15) is 33.6 Å². The number of esters is 1. The second-order valence-corrected chi connectivity index (χ2v) is 5.96. The lowest BCUT2D eigenvalue weighted by molar-refractivity contribution is 0.0734. The van der Waals surface area contributed by atoms with Crippen LogP contribution in [-0.2, 0) is 12.8 Å². The zero-order valence-corrected chi connectivity index (χ0v) is 13.4. The summed E-state index contributed by atoms with van der Waals surface area (Å²) in [5.41, 5.74) is 5.23. The summed E-state index contributed by atoms with van der Waals surface area (Å²) in [4.78, 5) is 24.5. The predicted molar refractivity (Wildman–Crippen MR) is 90.0 cm³/mol. The van der Waals surface area contributed by atoms with E-state index < -0.39 is 0 Å². The molecule has 120 valence electrons. The fourth-order valence-electron chi connectivity index (χ4n) is 3.14. The van der Waals surface area contributed by atoms with Crippen molar-refractivity contribution in [2.75, 3.05) is 0 Å². The molecule has 0 fully saturated rings. The van der Waals surface area contributed by atoms with E-state index in [1.165, 1.54) is 6.33 Å². The number of H-pyrrole nitrogens is 1. The van der Waals surface area contributed by atoms with Crippen LogP contribution in [0.5, 0.6) is 5.75 Å². The molecule has 1 N–H and O–H groups in total. The molecule has 0 atom stereocenters. The molecule has 1 aliphatic rings. The van der Waals surface area contributed by atoms with Gasteiger partial charge in [-0.25, -0.2) is 14.8 Å². The van der Waals surface area contributed by atoms with E-state index in [4.69, 9.17) is 4.74 Å². The van der Waals surface area contributed by atoms with Gasteiger partial charge in [0.1, 0.15) is 12.1 Å². The second kappa shape index (κ2) is 5.92. The van der Waals surface area contributed by atoms with Gasteiger partial charge in [-0.15, -0.1) is 0 Å². The Labute approximate surface area is 139 Å². The topological polar surface area (TPSA) is 67.9 Å². The van der Waals surface area contributed by atoms with Gasteiger partial charge in [-0.2, -0.15) is 0 Å². The number of aromatic amines is 1. The molecular formula is C19H17N3O2. The molecular weight excluding hydrogens is 302 g/mol. The normalized spacial score (nSPS) is 12.9. The van der Waals surface area contributed by atoms with Gasteiger partial charge in [-0.05, 0) is 43.4 Å². The number of fused-ring (bicyclic) bond motifs is 3. The number of nitrogens with one attached hydrogen (secondary N) is 1. The van der Waals surface area contributed by atoms with Gasteiger partial charge in [0.15, 0.2) is 0 Å². The maximum atomic E-state index is 12.7. The third kappa shape index (κ3) is 2.48. The number of hydrogen-bond donors (Lipinski definition) is 1. The van der Waals surface area contributed by atoms with Crippen molar-refractivity contribution in [3.05, 3.63) is 65.4 Å². The largest absolute Gasteiger partial charge is 0.423 e. The van der Waals surface area contributed by atoms with E-state index in [9.17, 15) is 4.79 Å². The van der Waals surface area contributed by atoms with Crippen molar-refractivity contribution < 1.29 is 9.53 Å². The van der Waals surface area contributed by atoms with Gasteiger partial charge in [-0.3, -0.25) is 0 Å². The monoisotopic (exact) mass is 319 g/mol. The summed E-state index contributed by atoms with van der Waals surface area (Å²) in [6.45, 7) is 1.92. The minimum Gasteiger partial charge on any atom is -0.423 e. The first-order valence-corrected chi connectivity index (χ1v) is 8.01. The summed E-state index contributed by atoms with van der Waals surface area (Å²) >= 11 is 0. The fourth-order valence-corrected chi connectivity index (χ4v) is 3.14. The van der Waals surface area contributed by atoms with Crippen molar-refractivity contribution in [1.29, 1.82) is 0 Å². The summed E-state index contributed by atoms with van der Waals surface area (Å²) in [5.74, 6) is 0.210. The molecule has 0 spiro atoms. The Hall–Kier alpha value is -2.95. The van der Waals surface area contributed by atoms with Gasteiger partial charge < -0.3 is 9.72 Å². The molecule has 0 aliphatic heterocycles. The van der Waals surface area contributed by atoms with Gasteiger partial charge in [0, 0.05) is 23.7 Å². The summed E-state index contributed by atoms with van der Waals surface area (Å²) in [6, 6.07) is 7.50. The van der Waals surface area contributed by atoms with Crippen LogP contribution in [0, 0.1) is 6.92 Å². The van der Waals surface area contributed by atoms with E-state index in [2.05, 4.69) is 15.0 Å². The molecule has 1 aromatic carbocycles. The number of aryl methyl sites for hydroxylation is 3. The van der Waals surface area contributed by atoms with Crippen molar-refractivity contribution >= 4 is 5.97 Å². The summed E-state index contributed by atoms with van der Waals surface area (Å²) < 4.78 is 5.61. The average Bonchev–Trinajstić information content (AvgIpc) is 2.93. The van der Waals surface area contributed by atoms with Crippen LogP contribution in [0.2, 0.25) is 0 Å². The van der Waals surface area contributed by atoms with Crippen molar-refractivity contribution in [3.8, 4) is 17.0 Å². The van der Waals surface area contributed by atoms with Gasteiger partial charge in [-0.1, -0.05) is 18.2 Å². The van der Waals surface area contributed by atoms with E-state index >= 15 is 0 Å². The van der Waals surface area contributed by atoms with Crippen LogP contribution in [-0.4, -0.2) is 20.9 Å². The quantitative estimate of drug-likeness (QED) is 0.580. The lowest BCUT2D eigenvalue weighted by Crippen LogP contribution is -2.10. The highest BCUT2D eigenvalue weighted by atomic mass is 16.5. The standard InChI is InChI=1S/C19H17N3O2/c1-12-5-2-3-8-16(12)24-19(23)14-10-21-15-7-4-6-13-9-20-11-22-18(13)17(14)15/h2-3,5,8-11,21H,4,6-7H2,1H3. The molecule has 5 nitrogen and oxygen atoms in total. The maximum absolute atomic E-state index is 12.7. The molecule has 2 heterocycles. The van der Waals surface area contributed by atoms with Crippen LogP contribution >= 0.6 is 0 Å². The molecule has 0 saturated heterocycles. The summed E-state index contributed by atoms with van der Waals surface area (Å²) in [5, 5.41) is 0. The Bertz CT molecular complexity index is 914. The molecule has 0 saturated carbocycles. The maximum Gasteiger partial charge on any atom is 0.345 e. The number of carbonyl (C=O) groups is 1. The van der Waals surface area contributed by atoms with E-state index in [-0.39, 0.29) is 5.97 Å². The Morgan fingerprint density at radius 3 is 3.00 bits per heavy atom. The lowest BCUT2D eigenvalue weighted by Gasteiger charge is -2.09. The van der Waals surface area contributed by atoms with Crippen LogP contribution in [0.3, 0.4) is 0 Å². The minimum atomic E-state index is -0.367. The summed E-state index contributed by atoms with van der Waals surface area (Å²) in [7, 11) is 0. The van der Waals surface area contributed by atoms with Gasteiger partial charge in [0.2, 0.25) is 0 Å². The number of carbonyl (C=O) groups excluding carboxylic acids is 1. The first-order valence-electron chi connectivity index (χ1n) is 8.01. The smallest absolute Gasteiger partial charge is 0.345 e. The van der Waals surface area contributed by atoms with Crippen molar-refractivity contribution in [2.45, 2.75) is 26.2 Å². The molecule has 2 aromatic heterocycles. The van der Waals surface area contributed by atoms with E-state index in [1.54, 1.807) is 12.3 Å². The number of rotatable bonds is 2.